The van der Waals surface area contributed by atoms with Gasteiger partial charge in [-0.25, -0.2) is 0 Å². The Labute approximate surface area is 133 Å². The lowest BCUT2D eigenvalue weighted by Gasteiger charge is -2.17. The van der Waals surface area contributed by atoms with Gasteiger partial charge in [0.2, 0.25) is 5.91 Å². The summed E-state index contributed by atoms with van der Waals surface area (Å²) in [5.41, 5.74) is 3.09. The number of anilines is 2. The van der Waals surface area contributed by atoms with Crippen LogP contribution in [0.2, 0.25) is 0 Å². The minimum atomic E-state index is 0.0866. The molecule has 1 amide bonds. The monoisotopic (exact) mass is 398 g/mol. The highest BCUT2D eigenvalue weighted by molar-refractivity contribution is 9.13. The topological polar surface area (TPSA) is 54.3 Å². The molecule has 1 aliphatic rings. The van der Waals surface area contributed by atoms with Gasteiger partial charge in [-0.15, -0.1) is 0 Å². The van der Waals surface area contributed by atoms with Crippen molar-refractivity contribution in [3.8, 4) is 0 Å². The zero-order chi connectivity index (χ0) is 14.1. The van der Waals surface area contributed by atoms with Crippen LogP contribution in [-0.4, -0.2) is 5.91 Å². The highest BCUT2D eigenvalue weighted by Crippen LogP contribution is 2.28. The molecule has 3 rings (SSSR count). The Bertz CT molecular complexity index is 648. The molecule has 0 unspecified atom stereocenters. The lowest BCUT2D eigenvalue weighted by atomic mass is 10.0. The fourth-order valence-electron chi connectivity index (χ4n) is 2.16. The van der Waals surface area contributed by atoms with E-state index in [-0.39, 0.29) is 5.91 Å². The van der Waals surface area contributed by atoms with Crippen LogP contribution in [0.4, 0.5) is 11.4 Å². The SMILES string of the molecule is O=C1CCc2cc(NCc3cc(Br)c(Br)o3)ccc2N1. The van der Waals surface area contributed by atoms with Gasteiger partial charge in [0.1, 0.15) is 5.76 Å². The van der Waals surface area contributed by atoms with E-state index in [1.807, 2.05) is 18.2 Å². The Morgan fingerprint density at radius 3 is 2.85 bits per heavy atom. The Balaban J connectivity index is 1.70. The number of furan rings is 1. The zero-order valence-corrected chi connectivity index (χ0v) is 13.7. The highest BCUT2D eigenvalue weighted by atomic mass is 79.9. The van der Waals surface area contributed by atoms with Crippen LogP contribution in [0.25, 0.3) is 0 Å². The van der Waals surface area contributed by atoms with Crippen molar-refractivity contribution >= 4 is 49.1 Å². The summed E-state index contributed by atoms with van der Waals surface area (Å²) in [6, 6.07) is 7.89. The summed E-state index contributed by atoms with van der Waals surface area (Å²) >= 11 is 6.70. The smallest absolute Gasteiger partial charge is 0.224 e. The lowest BCUT2D eigenvalue weighted by molar-refractivity contribution is -0.116. The fraction of sp³-hybridized carbons (Fsp3) is 0.214. The molecule has 0 fully saturated rings. The van der Waals surface area contributed by atoms with E-state index in [1.165, 1.54) is 0 Å². The molecule has 4 nitrogen and oxygen atoms in total. The van der Waals surface area contributed by atoms with E-state index in [1.54, 1.807) is 0 Å². The van der Waals surface area contributed by atoms with Crippen molar-refractivity contribution < 1.29 is 9.21 Å². The van der Waals surface area contributed by atoms with E-state index in [9.17, 15) is 4.79 Å². The molecule has 1 aromatic carbocycles. The molecule has 0 radical (unpaired) electrons. The number of halogens is 2. The second-order valence-corrected chi connectivity index (χ2v) is 6.18. The van der Waals surface area contributed by atoms with Gasteiger partial charge in [-0.05, 0) is 68.1 Å². The normalized spacial score (nSPS) is 13.8. The van der Waals surface area contributed by atoms with Gasteiger partial charge in [0.15, 0.2) is 4.67 Å². The molecule has 20 heavy (non-hydrogen) atoms. The van der Waals surface area contributed by atoms with Crippen LogP contribution in [0.15, 0.2) is 37.8 Å². The first kappa shape index (κ1) is 13.7. The summed E-state index contributed by atoms with van der Waals surface area (Å²) in [7, 11) is 0. The summed E-state index contributed by atoms with van der Waals surface area (Å²) in [6.07, 6.45) is 1.34. The standard InChI is InChI=1S/C14H12Br2N2O2/c15-11-6-10(20-14(11)16)7-17-9-2-3-12-8(5-9)1-4-13(19)18-12/h2-3,5-6,17H,1,4,7H2,(H,18,19). The van der Waals surface area contributed by atoms with E-state index in [0.717, 1.165) is 33.6 Å². The maximum absolute atomic E-state index is 11.3. The minimum Gasteiger partial charge on any atom is -0.451 e. The number of amides is 1. The second kappa shape index (κ2) is 5.61. The summed E-state index contributed by atoms with van der Waals surface area (Å²) in [4.78, 5) is 11.3. The van der Waals surface area contributed by atoms with Crippen molar-refractivity contribution in [3.05, 3.63) is 44.7 Å². The number of benzene rings is 1. The first-order valence-corrected chi connectivity index (χ1v) is 7.81. The van der Waals surface area contributed by atoms with Gasteiger partial charge in [-0.3, -0.25) is 4.79 Å². The van der Waals surface area contributed by atoms with Crippen LogP contribution < -0.4 is 10.6 Å². The third kappa shape index (κ3) is 2.91. The van der Waals surface area contributed by atoms with Crippen molar-refractivity contribution in [2.45, 2.75) is 19.4 Å². The van der Waals surface area contributed by atoms with Crippen LogP contribution in [0.1, 0.15) is 17.7 Å². The molecule has 104 valence electrons. The molecule has 0 saturated heterocycles. The molecule has 2 aromatic rings. The van der Waals surface area contributed by atoms with Gasteiger partial charge >= 0.3 is 0 Å². The van der Waals surface area contributed by atoms with Crippen molar-refractivity contribution in [2.24, 2.45) is 0 Å². The third-order valence-electron chi connectivity index (χ3n) is 3.16. The fourth-order valence-corrected chi connectivity index (χ4v) is 2.82. The summed E-state index contributed by atoms with van der Waals surface area (Å²) in [5, 5.41) is 6.19. The Morgan fingerprint density at radius 2 is 2.10 bits per heavy atom. The number of fused-ring (bicyclic) bond motifs is 1. The Kier molecular flexibility index (Phi) is 3.85. The lowest BCUT2D eigenvalue weighted by Crippen LogP contribution is -2.18. The highest BCUT2D eigenvalue weighted by Gasteiger charge is 2.14. The predicted molar refractivity (Wildman–Crippen MR) is 84.8 cm³/mol. The first-order valence-electron chi connectivity index (χ1n) is 6.22. The maximum Gasteiger partial charge on any atom is 0.224 e. The molecule has 6 heteroatoms. The van der Waals surface area contributed by atoms with Gasteiger partial charge in [-0.1, -0.05) is 0 Å². The van der Waals surface area contributed by atoms with Crippen LogP contribution in [0.5, 0.6) is 0 Å². The number of hydrogen-bond donors (Lipinski definition) is 2. The van der Waals surface area contributed by atoms with Crippen LogP contribution in [0, 0.1) is 0 Å². The van der Waals surface area contributed by atoms with Crippen molar-refractivity contribution in [1.29, 1.82) is 0 Å². The maximum atomic E-state index is 11.3. The molecular formula is C14H12Br2N2O2. The third-order valence-corrected chi connectivity index (χ3v) is 4.87. The van der Waals surface area contributed by atoms with Crippen LogP contribution >= 0.6 is 31.9 Å². The molecule has 0 spiro atoms. The van der Waals surface area contributed by atoms with Gasteiger partial charge < -0.3 is 15.1 Å². The molecule has 0 aliphatic carbocycles. The Morgan fingerprint density at radius 1 is 1.25 bits per heavy atom. The van der Waals surface area contributed by atoms with Crippen molar-refractivity contribution in [2.75, 3.05) is 10.6 Å². The van der Waals surface area contributed by atoms with Crippen molar-refractivity contribution in [1.82, 2.24) is 0 Å². The zero-order valence-electron chi connectivity index (χ0n) is 10.5. The molecule has 0 saturated carbocycles. The first-order chi connectivity index (χ1) is 9.61. The molecule has 1 aliphatic heterocycles. The van der Waals surface area contributed by atoms with Gasteiger partial charge in [0, 0.05) is 17.8 Å². The summed E-state index contributed by atoms with van der Waals surface area (Å²) in [5.74, 6) is 0.929. The molecule has 1 aromatic heterocycles. The van der Waals surface area contributed by atoms with Gasteiger partial charge in [0.05, 0.1) is 11.0 Å². The van der Waals surface area contributed by atoms with Crippen LogP contribution in [-0.2, 0) is 17.8 Å². The molecule has 0 bridgehead atoms. The van der Waals surface area contributed by atoms with E-state index in [4.69, 9.17) is 4.42 Å². The summed E-state index contributed by atoms with van der Waals surface area (Å²) < 4.78 is 7.11. The second-order valence-electron chi connectivity index (χ2n) is 4.61. The Hall–Kier alpha value is -1.27. The van der Waals surface area contributed by atoms with Crippen LogP contribution in [0.3, 0.4) is 0 Å². The van der Waals surface area contributed by atoms with Gasteiger partial charge in [-0.2, -0.15) is 0 Å². The number of carbonyl (C=O) groups excluding carboxylic acids is 1. The average Bonchev–Trinajstić information content (AvgIpc) is 2.75. The van der Waals surface area contributed by atoms with E-state index in [2.05, 4.69) is 48.6 Å². The summed E-state index contributed by atoms with van der Waals surface area (Å²) in [6.45, 7) is 0.606. The van der Waals surface area contributed by atoms with E-state index in [0.29, 0.717) is 17.6 Å². The quantitative estimate of drug-likeness (QED) is 0.808. The molecule has 2 heterocycles. The minimum absolute atomic E-state index is 0.0866. The largest absolute Gasteiger partial charge is 0.451 e. The van der Waals surface area contributed by atoms with Crippen molar-refractivity contribution in [3.63, 3.8) is 0 Å². The number of carbonyl (C=O) groups is 1. The predicted octanol–water partition coefficient (Wildman–Crippen LogP) is 4.30. The number of nitrogens with one attached hydrogen (secondary N) is 2. The van der Waals surface area contributed by atoms with Gasteiger partial charge in [0.25, 0.3) is 0 Å². The molecular weight excluding hydrogens is 388 g/mol. The molecule has 0 atom stereocenters. The van der Waals surface area contributed by atoms with E-state index < -0.39 is 0 Å². The average molecular weight is 400 g/mol. The van der Waals surface area contributed by atoms with E-state index >= 15 is 0 Å². The molecule has 2 N–H and O–H groups in total. The number of rotatable bonds is 3. The number of aryl methyl sites for hydroxylation is 1. The number of hydrogen-bond acceptors (Lipinski definition) is 3.